The lowest BCUT2D eigenvalue weighted by Gasteiger charge is -2.32. The largest absolute Gasteiger partial charge is 0.492 e. The van der Waals surface area contributed by atoms with Crippen LogP contribution in [0.3, 0.4) is 0 Å². The summed E-state index contributed by atoms with van der Waals surface area (Å²) in [5, 5.41) is 20.4. The molecule has 3 amide bonds. The number of carbonyl (C=O) groups is 2. The van der Waals surface area contributed by atoms with Gasteiger partial charge in [0, 0.05) is 36.5 Å². The Morgan fingerprint density at radius 3 is 2.42 bits per heavy atom. The Hall–Kier alpha value is -4.37. The Kier molecular flexibility index (Phi) is 8.73. The molecule has 5 rings (SSSR count). The van der Waals surface area contributed by atoms with Gasteiger partial charge in [-0.3, -0.25) is 10.1 Å². The Morgan fingerprint density at radius 1 is 1.02 bits per heavy atom. The van der Waals surface area contributed by atoms with Crippen LogP contribution in [-0.4, -0.2) is 49.8 Å². The van der Waals surface area contributed by atoms with E-state index in [0.717, 1.165) is 41.8 Å². The molecule has 3 heterocycles. The fraction of sp³-hybridized carbons (Fsp3) is 0.333. The minimum Gasteiger partial charge on any atom is -0.492 e. The monoisotopic (exact) mass is 600 g/mol. The predicted octanol–water partition coefficient (Wildman–Crippen LogP) is 6.97. The number of aryl methyl sites for hydroxylation is 1. The molecule has 1 aliphatic heterocycles. The smallest absolute Gasteiger partial charge is 0.324 e. The number of hydrogen-bond acceptors (Lipinski definition) is 5. The summed E-state index contributed by atoms with van der Waals surface area (Å²) in [5.41, 5.74) is 4.91. The quantitative estimate of drug-likeness (QED) is 0.221. The highest BCUT2D eigenvalue weighted by Crippen LogP contribution is 2.28. The second kappa shape index (κ2) is 12.5. The van der Waals surface area contributed by atoms with Gasteiger partial charge >= 0.3 is 6.03 Å². The SMILES string of the molecule is Cc1ccc(-n2nc(C(C)(C)C)cc2NC(=O)Nc2cccc(CC3CCN(C(=O)c4cnc(O)c(Cl)c4)CC3)c2)cc1. The first-order chi connectivity index (χ1) is 20.5. The van der Waals surface area contributed by atoms with Gasteiger partial charge in [-0.2, -0.15) is 5.10 Å². The molecule has 43 heavy (non-hydrogen) atoms. The second-order valence-electron chi connectivity index (χ2n) is 12.2. The standard InChI is InChI=1S/C33H37ClN6O3/c1-21-8-10-26(11-9-21)40-29(19-28(38-40)33(2,3)4)37-32(43)36-25-7-5-6-23(17-25)16-22-12-14-39(15-13-22)31(42)24-18-27(34)30(41)35-20-24/h5-11,17-20,22H,12-16H2,1-4H3,(H,35,41)(H2,36,37,43). The van der Waals surface area contributed by atoms with Crippen molar-refractivity contribution in [3.05, 3.63) is 94.3 Å². The molecule has 2 aromatic carbocycles. The van der Waals surface area contributed by atoms with Crippen molar-refractivity contribution in [2.45, 2.75) is 52.4 Å². The van der Waals surface area contributed by atoms with Crippen LogP contribution in [0.2, 0.25) is 5.02 Å². The minimum atomic E-state index is -0.346. The van der Waals surface area contributed by atoms with Crippen molar-refractivity contribution < 1.29 is 14.7 Å². The zero-order valence-corrected chi connectivity index (χ0v) is 25.7. The van der Waals surface area contributed by atoms with E-state index >= 15 is 0 Å². The third-order valence-corrected chi connectivity index (χ3v) is 7.96. The van der Waals surface area contributed by atoms with Gasteiger partial charge in [0.05, 0.1) is 16.9 Å². The van der Waals surface area contributed by atoms with Gasteiger partial charge in [0.15, 0.2) is 0 Å². The third kappa shape index (κ3) is 7.35. The van der Waals surface area contributed by atoms with E-state index in [1.54, 1.807) is 9.58 Å². The number of nitrogens with one attached hydrogen (secondary N) is 2. The first-order valence-corrected chi connectivity index (χ1v) is 14.8. The molecule has 0 radical (unpaired) electrons. The second-order valence-corrected chi connectivity index (χ2v) is 12.6. The highest BCUT2D eigenvalue weighted by atomic mass is 35.5. The first kappa shape index (κ1) is 30.1. The van der Waals surface area contributed by atoms with Crippen LogP contribution in [0.4, 0.5) is 16.3 Å². The van der Waals surface area contributed by atoms with Crippen LogP contribution >= 0.6 is 11.6 Å². The Labute approximate surface area is 256 Å². The molecule has 0 atom stereocenters. The number of aromatic hydroxyl groups is 1. The zero-order chi connectivity index (χ0) is 30.7. The molecule has 0 spiro atoms. The summed E-state index contributed by atoms with van der Waals surface area (Å²) in [5.74, 6) is 0.585. The van der Waals surface area contributed by atoms with Crippen molar-refractivity contribution in [1.29, 1.82) is 0 Å². The van der Waals surface area contributed by atoms with Crippen molar-refractivity contribution in [2.24, 2.45) is 5.92 Å². The molecule has 0 aliphatic carbocycles. The molecule has 0 unspecified atom stereocenters. The maximum atomic E-state index is 13.1. The normalized spacial score (nSPS) is 14.0. The molecule has 0 bridgehead atoms. The number of nitrogens with zero attached hydrogens (tertiary/aromatic N) is 4. The van der Waals surface area contributed by atoms with E-state index in [1.807, 2.05) is 55.5 Å². The van der Waals surface area contributed by atoms with Crippen molar-refractivity contribution in [1.82, 2.24) is 19.7 Å². The number of aromatic nitrogens is 3. The number of amides is 3. The number of rotatable bonds is 6. The molecular weight excluding hydrogens is 564 g/mol. The molecule has 9 nitrogen and oxygen atoms in total. The van der Waals surface area contributed by atoms with Gasteiger partial charge in [-0.15, -0.1) is 0 Å². The average molecular weight is 601 g/mol. The molecule has 3 N–H and O–H groups in total. The zero-order valence-electron chi connectivity index (χ0n) is 24.9. The number of urea groups is 1. The summed E-state index contributed by atoms with van der Waals surface area (Å²) in [6, 6.07) is 18.9. The number of likely N-dealkylation sites (tertiary alicyclic amines) is 1. The van der Waals surface area contributed by atoms with Gasteiger partial charge in [0.25, 0.3) is 5.91 Å². The van der Waals surface area contributed by atoms with Gasteiger partial charge in [0.1, 0.15) is 10.8 Å². The number of piperidine rings is 1. The van der Waals surface area contributed by atoms with Crippen LogP contribution in [0, 0.1) is 12.8 Å². The molecule has 4 aromatic rings. The van der Waals surface area contributed by atoms with Crippen molar-refractivity contribution in [3.8, 4) is 11.6 Å². The highest BCUT2D eigenvalue weighted by Gasteiger charge is 2.25. The fourth-order valence-electron chi connectivity index (χ4n) is 5.18. The Bertz CT molecular complexity index is 1620. The molecule has 2 aromatic heterocycles. The third-order valence-electron chi connectivity index (χ3n) is 7.68. The Balaban J connectivity index is 1.20. The summed E-state index contributed by atoms with van der Waals surface area (Å²) in [4.78, 5) is 31.6. The van der Waals surface area contributed by atoms with Crippen molar-refractivity contribution in [2.75, 3.05) is 23.7 Å². The van der Waals surface area contributed by atoms with Crippen LogP contribution in [0.1, 0.15) is 60.8 Å². The van der Waals surface area contributed by atoms with Gasteiger partial charge in [-0.25, -0.2) is 14.5 Å². The maximum absolute atomic E-state index is 13.1. The van der Waals surface area contributed by atoms with Gasteiger partial charge in [-0.1, -0.05) is 62.2 Å². The first-order valence-electron chi connectivity index (χ1n) is 14.4. The number of benzene rings is 2. The number of halogens is 1. The Morgan fingerprint density at radius 2 is 1.74 bits per heavy atom. The van der Waals surface area contributed by atoms with E-state index in [1.165, 1.54) is 12.3 Å². The van der Waals surface area contributed by atoms with Crippen LogP contribution in [0.15, 0.2) is 66.9 Å². The molecule has 1 saturated heterocycles. The highest BCUT2D eigenvalue weighted by molar-refractivity contribution is 6.32. The molecular formula is C33H37ClN6O3. The van der Waals surface area contributed by atoms with Gasteiger partial charge in [-0.05, 0) is 68.0 Å². The lowest BCUT2D eigenvalue weighted by atomic mass is 9.90. The molecule has 224 valence electrons. The number of carbonyl (C=O) groups excluding carboxylic acids is 2. The van der Waals surface area contributed by atoms with E-state index in [9.17, 15) is 14.7 Å². The molecule has 1 aliphatic rings. The number of hydrogen-bond donors (Lipinski definition) is 3. The van der Waals surface area contributed by atoms with E-state index in [-0.39, 0.29) is 28.3 Å². The van der Waals surface area contributed by atoms with Crippen molar-refractivity contribution in [3.63, 3.8) is 0 Å². The lowest BCUT2D eigenvalue weighted by molar-refractivity contribution is 0.0690. The van der Waals surface area contributed by atoms with Crippen LogP contribution in [0.25, 0.3) is 5.69 Å². The number of pyridine rings is 1. The van der Waals surface area contributed by atoms with Gasteiger partial charge < -0.3 is 15.3 Å². The number of anilines is 2. The summed E-state index contributed by atoms with van der Waals surface area (Å²) in [6.07, 6.45) is 3.93. The summed E-state index contributed by atoms with van der Waals surface area (Å²) >= 11 is 5.93. The van der Waals surface area contributed by atoms with E-state index < -0.39 is 0 Å². The molecule has 0 saturated carbocycles. The molecule has 1 fully saturated rings. The summed E-state index contributed by atoms with van der Waals surface area (Å²) < 4.78 is 1.76. The topological polar surface area (TPSA) is 112 Å². The average Bonchev–Trinajstić information content (AvgIpc) is 3.39. The van der Waals surface area contributed by atoms with Crippen LogP contribution in [-0.2, 0) is 11.8 Å². The fourth-order valence-corrected chi connectivity index (χ4v) is 5.34. The van der Waals surface area contributed by atoms with Crippen molar-refractivity contribution >= 4 is 35.0 Å². The minimum absolute atomic E-state index is 0.0643. The van der Waals surface area contributed by atoms with E-state index in [2.05, 4.69) is 42.5 Å². The van der Waals surface area contributed by atoms with Crippen LogP contribution in [0.5, 0.6) is 5.88 Å². The molecule has 10 heteroatoms. The summed E-state index contributed by atoms with van der Waals surface area (Å²) in [7, 11) is 0. The van der Waals surface area contributed by atoms with E-state index in [4.69, 9.17) is 16.7 Å². The van der Waals surface area contributed by atoms with Crippen LogP contribution < -0.4 is 10.6 Å². The predicted molar refractivity (Wildman–Crippen MR) is 169 cm³/mol. The lowest BCUT2D eigenvalue weighted by Crippen LogP contribution is -2.39. The van der Waals surface area contributed by atoms with E-state index in [0.29, 0.717) is 36.1 Å². The van der Waals surface area contributed by atoms with Gasteiger partial charge in [0.2, 0.25) is 5.88 Å². The summed E-state index contributed by atoms with van der Waals surface area (Å²) in [6.45, 7) is 9.58. The maximum Gasteiger partial charge on any atom is 0.324 e.